The minimum atomic E-state index is -0.433. The normalized spacial score (nSPS) is 17.0. The highest BCUT2D eigenvalue weighted by Gasteiger charge is 2.36. The van der Waals surface area contributed by atoms with E-state index >= 15 is 0 Å². The topological polar surface area (TPSA) is 86.7 Å². The van der Waals surface area contributed by atoms with Gasteiger partial charge >= 0.3 is 0 Å². The first-order valence-corrected chi connectivity index (χ1v) is 10.9. The van der Waals surface area contributed by atoms with Gasteiger partial charge in [-0.05, 0) is 74.0 Å². The summed E-state index contributed by atoms with van der Waals surface area (Å²) in [6, 6.07) is 13.9. The van der Waals surface area contributed by atoms with Crippen molar-refractivity contribution in [2.45, 2.75) is 20.8 Å². The molecule has 5 rings (SSSR count). The third kappa shape index (κ3) is 3.29. The number of rotatable bonds is 3. The van der Waals surface area contributed by atoms with Gasteiger partial charge in [-0.2, -0.15) is 15.1 Å². The number of hydrazone groups is 1. The number of nitrogens with one attached hydrogen (secondary N) is 1. The Morgan fingerprint density at radius 2 is 1.91 bits per heavy atom. The number of aliphatic imine (C=N–C) groups is 1. The fraction of sp³-hybridized carbons (Fsp3) is 0.125. The molecule has 1 amide bonds. The highest BCUT2D eigenvalue weighted by Crippen LogP contribution is 2.32. The summed E-state index contributed by atoms with van der Waals surface area (Å²) in [5.41, 5.74) is 6.22. The summed E-state index contributed by atoms with van der Waals surface area (Å²) in [7, 11) is 0. The van der Waals surface area contributed by atoms with E-state index in [0.29, 0.717) is 10.2 Å². The number of nitrogens with zero attached hydrogens (tertiary/aromatic N) is 5. The molecule has 0 radical (unpaired) electrons. The number of amides is 1. The molecule has 0 saturated carbocycles. The minimum Gasteiger partial charge on any atom is -0.318 e. The monoisotopic (exact) mass is 440 g/mol. The van der Waals surface area contributed by atoms with Crippen LogP contribution in [0.2, 0.25) is 0 Å². The molecule has 2 aliphatic heterocycles. The van der Waals surface area contributed by atoms with E-state index in [1.165, 1.54) is 16.8 Å². The lowest BCUT2D eigenvalue weighted by molar-refractivity contribution is -0.114. The van der Waals surface area contributed by atoms with Crippen molar-refractivity contribution in [3.8, 4) is 5.69 Å². The van der Waals surface area contributed by atoms with Gasteiger partial charge in [0.2, 0.25) is 5.17 Å². The van der Waals surface area contributed by atoms with Gasteiger partial charge in [-0.15, -0.1) is 0 Å². The van der Waals surface area contributed by atoms with E-state index in [-0.39, 0.29) is 11.4 Å². The van der Waals surface area contributed by atoms with Crippen molar-refractivity contribution in [3.05, 3.63) is 88.5 Å². The van der Waals surface area contributed by atoms with Gasteiger partial charge in [0.1, 0.15) is 5.04 Å². The van der Waals surface area contributed by atoms with E-state index in [1.54, 1.807) is 18.5 Å². The Hall–Kier alpha value is -3.78. The molecule has 0 unspecified atom stereocenters. The summed E-state index contributed by atoms with van der Waals surface area (Å²) in [5.74, 6) is -0.413. The van der Waals surface area contributed by atoms with E-state index in [2.05, 4.69) is 38.7 Å². The average Bonchev–Trinajstić information content (AvgIpc) is 3.33. The molecular formula is C24H20N6OS. The summed E-state index contributed by atoms with van der Waals surface area (Å²) in [5, 5.41) is 15.6. The molecule has 4 heterocycles. The van der Waals surface area contributed by atoms with Crippen molar-refractivity contribution in [2.75, 3.05) is 0 Å². The number of benzene rings is 1. The molecule has 0 bridgehead atoms. The molecule has 8 heteroatoms. The van der Waals surface area contributed by atoms with Crippen LogP contribution in [-0.4, -0.2) is 36.5 Å². The molecule has 2 aliphatic rings. The number of carbonyl (C=O) groups is 1. The zero-order chi connectivity index (χ0) is 22.4. The highest BCUT2D eigenvalue weighted by atomic mass is 32.2. The van der Waals surface area contributed by atoms with Crippen LogP contribution in [0.15, 0.2) is 70.5 Å². The molecule has 0 fully saturated rings. The zero-order valence-corrected chi connectivity index (χ0v) is 18.6. The van der Waals surface area contributed by atoms with Gasteiger partial charge in [-0.25, -0.2) is 0 Å². The van der Waals surface area contributed by atoms with Crippen molar-refractivity contribution in [1.29, 1.82) is 5.41 Å². The number of carbonyl (C=O) groups excluding carboxylic acids is 1. The van der Waals surface area contributed by atoms with Crippen LogP contribution in [0.25, 0.3) is 11.8 Å². The molecule has 0 saturated heterocycles. The molecule has 0 aliphatic carbocycles. The van der Waals surface area contributed by atoms with Crippen molar-refractivity contribution in [3.63, 3.8) is 0 Å². The molecule has 158 valence electrons. The Bertz CT molecular complexity index is 1370. The summed E-state index contributed by atoms with van der Waals surface area (Å²) in [4.78, 5) is 21.1. The van der Waals surface area contributed by atoms with Crippen LogP contribution in [0.4, 0.5) is 0 Å². The molecule has 32 heavy (non-hydrogen) atoms. The number of hydrogen-bond donors (Lipinski definition) is 1. The van der Waals surface area contributed by atoms with Crippen LogP contribution < -0.4 is 0 Å². The number of aromatic nitrogens is 2. The molecule has 3 aromatic rings. The van der Waals surface area contributed by atoms with Crippen molar-refractivity contribution in [2.24, 2.45) is 10.1 Å². The van der Waals surface area contributed by atoms with Gasteiger partial charge in [0.15, 0.2) is 5.84 Å². The quantitative estimate of drug-likeness (QED) is 0.609. The molecule has 0 spiro atoms. The molecule has 7 nitrogen and oxygen atoms in total. The number of amidine groups is 2. The van der Waals surface area contributed by atoms with Crippen LogP contribution in [0.1, 0.15) is 28.1 Å². The van der Waals surface area contributed by atoms with Crippen LogP contribution >= 0.6 is 11.8 Å². The van der Waals surface area contributed by atoms with E-state index in [1.807, 2.05) is 44.2 Å². The van der Waals surface area contributed by atoms with Crippen molar-refractivity contribution in [1.82, 2.24) is 14.6 Å². The molecule has 1 N–H and O–H groups in total. The predicted molar refractivity (Wildman–Crippen MR) is 128 cm³/mol. The Morgan fingerprint density at radius 1 is 1.09 bits per heavy atom. The summed E-state index contributed by atoms with van der Waals surface area (Å²) in [6.07, 6.45) is 5.13. The number of aryl methyl sites for hydroxylation is 2. The maximum atomic E-state index is 12.8. The fourth-order valence-electron chi connectivity index (χ4n) is 3.87. The Kier molecular flexibility index (Phi) is 4.86. The fourth-order valence-corrected chi connectivity index (χ4v) is 4.75. The summed E-state index contributed by atoms with van der Waals surface area (Å²) < 4.78 is 2.16. The number of hydrogen-bond acceptors (Lipinski definition) is 5. The average molecular weight is 441 g/mol. The number of para-hydroxylation sites is 1. The van der Waals surface area contributed by atoms with Gasteiger partial charge in [0.25, 0.3) is 5.91 Å². The Balaban J connectivity index is 1.53. The lowest BCUT2D eigenvalue weighted by Gasteiger charge is -2.20. The SMILES string of the molecule is Cc1ccccc1-n1c(C)cc(/C=C2/C(=N)N3N=C(c4cccnc4)SC3=NC2=O)c1C. The second kappa shape index (κ2) is 7.72. The third-order valence-corrected chi connectivity index (χ3v) is 6.45. The van der Waals surface area contributed by atoms with Crippen LogP contribution in [-0.2, 0) is 4.79 Å². The molecule has 0 atom stereocenters. The van der Waals surface area contributed by atoms with E-state index < -0.39 is 5.91 Å². The number of thioether (sulfide) groups is 1. The lowest BCUT2D eigenvalue weighted by Crippen LogP contribution is -2.35. The zero-order valence-electron chi connectivity index (χ0n) is 17.8. The third-order valence-electron chi connectivity index (χ3n) is 5.49. The minimum absolute atomic E-state index is 0.0204. The lowest BCUT2D eigenvalue weighted by atomic mass is 10.1. The molecule has 1 aromatic carbocycles. The first-order chi connectivity index (χ1) is 15.4. The first kappa shape index (κ1) is 20.1. The maximum Gasteiger partial charge on any atom is 0.283 e. The first-order valence-electron chi connectivity index (χ1n) is 10.1. The van der Waals surface area contributed by atoms with Crippen LogP contribution in [0.3, 0.4) is 0 Å². The van der Waals surface area contributed by atoms with E-state index in [9.17, 15) is 4.79 Å². The largest absolute Gasteiger partial charge is 0.318 e. The van der Waals surface area contributed by atoms with Gasteiger partial charge < -0.3 is 4.57 Å². The summed E-state index contributed by atoms with van der Waals surface area (Å²) >= 11 is 1.27. The van der Waals surface area contributed by atoms with Crippen LogP contribution in [0, 0.1) is 26.2 Å². The van der Waals surface area contributed by atoms with E-state index in [0.717, 1.165) is 33.8 Å². The van der Waals surface area contributed by atoms with Crippen LogP contribution in [0.5, 0.6) is 0 Å². The highest BCUT2D eigenvalue weighted by molar-refractivity contribution is 8.27. The molecule has 2 aromatic heterocycles. The van der Waals surface area contributed by atoms with Crippen molar-refractivity contribution < 1.29 is 4.79 Å². The number of pyridine rings is 1. The summed E-state index contributed by atoms with van der Waals surface area (Å²) in [6.45, 7) is 6.13. The van der Waals surface area contributed by atoms with E-state index in [4.69, 9.17) is 5.41 Å². The molecular weight excluding hydrogens is 420 g/mol. The predicted octanol–water partition coefficient (Wildman–Crippen LogP) is 4.47. The Morgan fingerprint density at radius 3 is 2.66 bits per heavy atom. The standard InChI is InChI=1S/C24H20N6OS/c1-14-7-4-5-9-20(14)29-15(2)11-18(16(29)3)12-19-21(25)30-24(27-22(19)31)32-23(28-30)17-8-6-10-26-13-17/h4-13,25H,1-3H3/b19-12-,25-21?. The number of fused-ring (bicyclic) bond motifs is 1. The van der Waals surface area contributed by atoms with Crippen molar-refractivity contribution >= 4 is 39.8 Å². The van der Waals surface area contributed by atoms with Gasteiger partial charge in [0, 0.05) is 35.0 Å². The second-order valence-corrected chi connectivity index (χ2v) is 8.57. The smallest absolute Gasteiger partial charge is 0.283 e. The van der Waals surface area contributed by atoms with Gasteiger partial charge in [0.05, 0.1) is 5.57 Å². The second-order valence-electron chi connectivity index (χ2n) is 7.62. The maximum absolute atomic E-state index is 12.8. The van der Waals surface area contributed by atoms with Gasteiger partial charge in [-0.1, -0.05) is 18.2 Å². The van der Waals surface area contributed by atoms with Gasteiger partial charge in [-0.3, -0.25) is 15.2 Å². The Labute approximate surface area is 189 Å².